The quantitative estimate of drug-likeness (QED) is 0.871. The molecule has 1 N–H and O–H groups in total. The third-order valence-corrected chi connectivity index (χ3v) is 3.02. The Hall–Kier alpha value is -2.37. The fraction of sp³-hybridized carbons (Fsp3) is 0.286. The maximum absolute atomic E-state index is 13.8. The standard InChI is InChI=1S/C14H16FN3O2/c1-9(14(19)20-3)17-12-8-16-18(10(12)2)13-7-5-4-6-11(13)15/h4-9,17H,1-3H3/t9-/m1/s1. The highest BCUT2D eigenvalue weighted by Crippen LogP contribution is 2.20. The molecule has 1 atom stereocenters. The van der Waals surface area contributed by atoms with Crippen LogP contribution >= 0.6 is 0 Å². The van der Waals surface area contributed by atoms with Crippen molar-refractivity contribution in [3.8, 4) is 5.69 Å². The van der Waals surface area contributed by atoms with Crippen molar-refractivity contribution in [1.29, 1.82) is 0 Å². The molecule has 0 aliphatic carbocycles. The topological polar surface area (TPSA) is 56.1 Å². The van der Waals surface area contributed by atoms with Crippen molar-refractivity contribution < 1.29 is 13.9 Å². The summed E-state index contributed by atoms with van der Waals surface area (Å²) in [5, 5.41) is 7.14. The number of nitrogens with one attached hydrogen (secondary N) is 1. The molecule has 0 spiro atoms. The van der Waals surface area contributed by atoms with E-state index in [1.54, 1.807) is 38.2 Å². The average molecular weight is 277 g/mol. The summed E-state index contributed by atoms with van der Waals surface area (Å²) < 4.78 is 19.9. The van der Waals surface area contributed by atoms with Gasteiger partial charge in [-0.15, -0.1) is 0 Å². The van der Waals surface area contributed by atoms with Gasteiger partial charge in [-0.2, -0.15) is 5.10 Å². The summed E-state index contributed by atoms with van der Waals surface area (Å²) in [4.78, 5) is 11.4. The molecular formula is C14H16FN3O2. The van der Waals surface area contributed by atoms with Gasteiger partial charge < -0.3 is 10.1 Å². The van der Waals surface area contributed by atoms with Crippen molar-refractivity contribution in [2.24, 2.45) is 0 Å². The monoisotopic (exact) mass is 277 g/mol. The van der Waals surface area contributed by atoms with E-state index in [0.717, 1.165) is 0 Å². The number of ether oxygens (including phenoxy) is 1. The summed E-state index contributed by atoms with van der Waals surface area (Å²) in [7, 11) is 1.33. The lowest BCUT2D eigenvalue weighted by Crippen LogP contribution is -2.27. The van der Waals surface area contributed by atoms with Crippen LogP contribution < -0.4 is 5.32 Å². The van der Waals surface area contributed by atoms with Gasteiger partial charge in [-0.25, -0.2) is 13.9 Å². The first-order valence-corrected chi connectivity index (χ1v) is 6.18. The number of esters is 1. The van der Waals surface area contributed by atoms with Gasteiger partial charge in [0.25, 0.3) is 0 Å². The molecule has 0 aliphatic rings. The Morgan fingerprint density at radius 3 is 2.80 bits per heavy atom. The maximum Gasteiger partial charge on any atom is 0.327 e. The lowest BCUT2D eigenvalue weighted by molar-refractivity contribution is -0.141. The Bertz CT molecular complexity index is 625. The zero-order valence-electron chi connectivity index (χ0n) is 11.6. The summed E-state index contributed by atoms with van der Waals surface area (Å²) in [6.45, 7) is 3.48. The molecule has 0 unspecified atom stereocenters. The number of para-hydroxylation sites is 1. The fourth-order valence-electron chi connectivity index (χ4n) is 1.89. The van der Waals surface area contributed by atoms with Crippen molar-refractivity contribution in [2.75, 3.05) is 12.4 Å². The van der Waals surface area contributed by atoms with E-state index >= 15 is 0 Å². The van der Waals surface area contributed by atoms with Crippen molar-refractivity contribution in [3.05, 3.63) is 42.0 Å². The van der Waals surface area contributed by atoms with Crippen molar-refractivity contribution in [3.63, 3.8) is 0 Å². The van der Waals surface area contributed by atoms with Gasteiger partial charge in [0.05, 0.1) is 24.7 Å². The molecule has 2 aromatic rings. The number of hydrogen-bond acceptors (Lipinski definition) is 4. The van der Waals surface area contributed by atoms with Crippen molar-refractivity contribution >= 4 is 11.7 Å². The first kappa shape index (κ1) is 14.0. The SMILES string of the molecule is COC(=O)[C@@H](C)Nc1cnn(-c2ccccc2F)c1C. The van der Waals surface area contributed by atoms with Gasteiger partial charge in [-0.05, 0) is 26.0 Å². The summed E-state index contributed by atoms with van der Waals surface area (Å²) in [6.07, 6.45) is 1.56. The van der Waals surface area contributed by atoms with Gasteiger partial charge in [-0.1, -0.05) is 12.1 Å². The lowest BCUT2D eigenvalue weighted by atomic mass is 10.3. The molecule has 2 rings (SSSR count). The highest BCUT2D eigenvalue weighted by Gasteiger charge is 2.17. The summed E-state index contributed by atoms with van der Waals surface area (Å²) in [6, 6.07) is 5.88. The Labute approximate surface area is 116 Å². The van der Waals surface area contributed by atoms with Gasteiger partial charge in [0.2, 0.25) is 0 Å². The molecule has 0 amide bonds. The smallest absolute Gasteiger partial charge is 0.327 e. The molecule has 0 fully saturated rings. The summed E-state index contributed by atoms with van der Waals surface area (Å²) >= 11 is 0. The molecule has 0 aliphatic heterocycles. The number of halogens is 1. The van der Waals surface area contributed by atoms with Gasteiger partial charge in [0.15, 0.2) is 0 Å². The van der Waals surface area contributed by atoms with Crippen LogP contribution in [0.3, 0.4) is 0 Å². The zero-order chi connectivity index (χ0) is 14.7. The van der Waals surface area contributed by atoms with E-state index in [9.17, 15) is 9.18 Å². The average Bonchev–Trinajstić information content (AvgIpc) is 2.80. The third kappa shape index (κ3) is 2.64. The van der Waals surface area contributed by atoms with Crippen LogP contribution in [0.4, 0.5) is 10.1 Å². The summed E-state index contributed by atoms with van der Waals surface area (Å²) in [5.41, 5.74) is 1.74. The second-order valence-electron chi connectivity index (χ2n) is 4.40. The predicted octanol–water partition coefficient (Wildman–Crippen LogP) is 2.29. The molecule has 5 nitrogen and oxygen atoms in total. The fourth-order valence-corrected chi connectivity index (χ4v) is 1.89. The minimum atomic E-state index is -0.503. The van der Waals surface area contributed by atoms with Crippen molar-refractivity contribution in [1.82, 2.24) is 9.78 Å². The Balaban J connectivity index is 2.28. The number of rotatable bonds is 4. The first-order chi connectivity index (χ1) is 9.54. The van der Waals surface area contributed by atoms with Gasteiger partial charge in [-0.3, -0.25) is 0 Å². The highest BCUT2D eigenvalue weighted by molar-refractivity contribution is 5.78. The van der Waals surface area contributed by atoms with E-state index in [4.69, 9.17) is 0 Å². The molecule has 0 radical (unpaired) electrons. The molecule has 1 aromatic carbocycles. The number of anilines is 1. The van der Waals surface area contributed by atoms with Crippen LogP contribution in [0.5, 0.6) is 0 Å². The van der Waals surface area contributed by atoms with Gasteiger partial charge >= 0.3 is 5.97 Å². The van der Waals surface area contributed by atoms with E-state index in [-0.39, 0.29) is 11.8 Å². The third-order valence-electron chi connectivity index (χ3n) is 3.02. The second kappa shape index (κ2) is 5.73. The molecule has 1 aromatic heterocycles. The number of methoxy groups -OCH3 is 1. The van der Waals surface area contributed by atoms with Crippen molar-refractivity contribution in [2.45, 2.75) is 19.9 Å². The Morgan fingerprint density at radius 1 is 1.45 bits per heavy atom. The first-order valence-electron chi connectivity index (χ1n) is 6.18. The van der Waals surface area contributed by atoms with E-state index < -0.39 is 6.04 Å². The molecular weight excluding hydrogens is 261 g/mol. The number of aromatic nitrogens is 2. The predicted molar refractivity (Wildman–Crippen MR) is 73.4 cm³/mol. The summed E-state index contributed by atoms with van der Waals surface area (Å²) in [5.74, 6) is -0.727. The normalized spacial score (nSPS) is 12.0. The zero-order valence-corrected chi connectivity index (χ0v) is 11.6. The van der Waals surface area contributed by atoms with E-state index in [1.165, 1.54) is 17.9 Å². The molecule has 6 heteroatoms. The molecule has 0 bridgehead atoms. The van der Waals surface area contributed by atoms with Crippen LogP contribution in [0, 0.1) is 12.7 Å². The van der Waals surface area contributed by atoms with Gasteiger partial charge in [0, 0.05) is 0 Å². The highest BCUT2D eigenvalue weighted by atomic mass is 19.1. The van der Waals surface area contributed by atoms with Crippen LogP contribution in [0.1, 0.15) is 12.6 Å². The van der Waals surface area contributed by atoms with E-state index in [1.807, 2.05) is 0 Å². The lowest BCUT2D eigenvalue weighted by Gasteiger charge is -2.12. The molecule has 20 heavy (non-hydrogen) atoms. The number of carbonyl (C=O) groups excluding carboxylic acids is 1. The molecule has 0 saturated carbocycles. The second-order valence-corrected chi connectivity index (χ2v) is 4.40. The Kier molecular flexibility index (Phi) is 4.02. The molecule has 106 valence electrons. The minimum absolute atomic E-state index is 0.355. The minimum Gasteiger partial charge on any atom is -0.467 e. The largest absolute Gasteiger partial charge is 0.467 e. The van der Waals surface area contributed by atoms with Crippen LogP contribution in [0.2, 0.25) is 0 Å². The number of nitrogens with zero attached hydrogens (tertiary/aromatic N) is 2. The maximum atomic E-state index is 13.8. The van der Waals surface area contributed by atoms with E-state index in [2.05, 4.69) is 15.2 Å². The van der Waals surface area contributed by atoms with Crippen LogP contribution in [-0.2, 0) is 9.53 Å². The van der Waals surface area contributed by atoms with E-state index in [0.29, 0.717) is 17.1 Å². The van der Waals surface area contributed by atoms with Gasteiger partial charge in [0.1, 0.15) is 17.5 Å². The number of benzene rings is 1. The number of hydrogen-bond donors (Lipinski definition) is 1. The van der Waals surface area contributed by atoms with Crippen LogP contribution in [0.15, 0.2) is 30.5 Å². The van der Waals surface area contributed by atoms with Crippen LogP contribution in [0.25, 0.3) is 5.69 Å². The number of carbonyl (C=O) groups is 1. The molecule has 0 saturated heterocycles. The van der Waals surface area contributed by atoms with Crippen LogP contribution in [-0.4, -0.2) is 28.9 Å². The molecule has 1 heterocycles. The Morgan fingerprint density at radius 2 is 2.15 bits per heavy atom.